The van der Waals surface area contributed by atoms with Gasteiger partial charge in [-0.2, -0.15) is 0 Å². The quantitative estimate of drug-likeness (QED) is 0.608. The monoisotopic (exact) mass is 368 g/mol. The Labute approximate surface area is 156 Å². The van der Waals surface area contributed by atoms with Gasteiger partial charge in [0.15, 0.2) is 5.96 Å². The van der Waals surface area contributed by atoms with Gasteiger partial charge in [-0.15, -0.1) is 0 Å². The van der Waals surface area contributed by atoms with Crippen LogP contribution < -0.4 is 5.32 Å². The van der Waals surface area contributed by atoms with Gasteiger partial charge in [-0.1, -0.05) is 6.42 Å². The van der Waals surface area contributed by atoms with Crippen LogP contribution in [0, 0.1) is 11.8 Å². The lowest BCUT2D eigenvalue weighted by atomic mass is 9.93. The minimum Gasteiger partial charge on any atom is -0.355 e. The van der Waals surface area contributed by atoms with Crippen molar-refractivity contribution in [1.29, 1.82) is 0 Å². The molecule has 144 valence electrons. The minimum absolute atomic E-state index is 0.141. The number of hydrogen-bond acceptors (Lipinski definition) is 3. The van der Waals surface area contributed by atoms with Crippen LogP contribution in [0.25, 0.3) is 0 Å². The van der Waals surface area contributed by atoms with Crippen molar-refractivity contribution < 1.29 is 4.21 Å². The second kappa shape index (κ2) is 7.95. The lowest BCUT2D eigenvalue weighted by Gasteiger charge is -2.42. The molecule has 3 rings (SSSR count). The molecule has 1 aliphatic heterocycles. The fourth-order valence-corrected chi connectivity index (χ4v) is 5.72. The maximum Gasteiger partial charge on any atom is 0.193 e. The molecule has 0 aromatic heterocycles. The van der Waals surface area contributed by atoms with Crippen molar-refractivity contribution in [3.8, 4) is 0 Å². The normalized spacial score (nSPS) is 32.2. The van der Waals surface area contributed by atoms with E-state index in [1.54, 1.807) is 0 Å². The molecule has 2 saturated carbocycles. The largest absolute Gasteiger partial charge is 0.355 e. The first-order valence-electron chi connectivity index (χ1n) is 9.96. The molecule has 0 aromatic carbocycles. The number of piperazine rings is 1. The Morgan fingerprint density at radius 1 is 1.16 bits per heavy atom. The third-order valence-electron chi connectivity index (χ3n) is 6.25. The smallest absolute Gasteiger partial charge is 0.193 e. The number of guanidine groups is 1. The van der Waals surface area contributed by atoms with E-state index in [-0.39, 0.29) is 4.75 Å². The van der Waals surface area contributed by atoms with E-state index in [0.29, 0.717) is 5.75 Å². The molecule has 6 heteroatoms. The first kappa shape index (κ1) is 19.2. The van der Waals surface area contributed by atoms with Crippen molar-refractivity contribution >= 4 is 16.8 Å². The highest BCUT2D eigenvalue weighted by molar-refractivity contribution is 7.86. The van der Waals surface area contributed by atoms with Crippen LogP contribution in [0.5, 0.6) is 0 Å². The van der Waals surface area contributed by atoms with Gasteiger partial charge in [0.1, 0.15) is 0 Å². The molecule has 2 bridgehead atoms. The zero-order valence-electron chi connectivity index (χ0n) is 16.5. The molecule has 0 spiro atoms. The number of fused-ring (bicyclic) bond motifs is 2. The van der Waals surface area contributed by atoms with Gasteiger partial charge >= 0.3 is 0 Å². The lowest BCUT2D eigenvalue weighted by molar-refractivity contribution is 0.0959. The maximum atomic E-state index is 12.2. The molecule has 1 saturated heterocycles. The summed E-state index contributed by atoms with van der Waals surface area (Å²) in [6.07, 6.45) is 5.87. The van der Waals surface area contributed by atoms with Crippen LogP contribution in [0.1, 0.15) is 46.5 Å². The number of nitrogens with one attached hydrogen (secondary N) is 1. The van der Waals surface area contributed by atoms with Gasteiger partial charge in [-0.05, 0) is 51.9 Å². The Morgan fingerprint density at radius 2 is 1.88 bits per heavy atom. The van der Waals surface area contributed by atoms with Crippen molar-refractivity contribution in [2.75, 3.05) is 45.5 Å². The Kier molecular flexibility index (Phi) is 6.09. The third-order valence-corrected chi connectivity index (χ3v) is 8.19. The predicted molar refractivity (Wildman–Crippen MR) is 107 cm³/mol. The Hall–Kier alpha value is -0.620. The molecule has 4 atom stereocenters. The van der Waals surface area contributed by atoms with Crippen molar-refractivity contribution in [2.45, 2.75) is 57.2 Å². The van der Waals surface area contributed by atoms with Crippen molar-refractivity contribution in [1.82, 2.24) is 15.1 Å². The van der Waals surface area contributed by atoms with Gasteiger partial charge in [0, 0.05) is 67.1 Å². The average Bonchev–Trinajstić information content (AvgIpc) is 3.21. The van der Waals surface area contributed by atoms with Crippen molar-refractivity contribution in [3.63, 3.8) is 0 Å². The molecule has 1 heterocycles. The number of aliphatic imine (C=N–C) groups is 1. The lowest BCUT2D eigenvalue weighted by Crippen LogP contribution is -2.55. The summed E-state index contributed by atoms with van der Waals surface area (Å²) in [5.41, 5.74) is 0. The summed E-state index contributed by atoms with van der Waals surface area (Å²) in [4.78, 5) is 9.55. The summed E-state index contributed by atoms with van der Waals surface area (Å²) in [7, 11) is 1.04. The number of rotatable bonds is 4. The SMILES string of the molecule is CN=C(NCCS(=O)C(C)(C)C)N1CCN(C2CC3CCC2C3)CC1. The van der Waals surface area contributed by atoms with Crippen LogP contribution in [-0.2, 0) is 10.8 Å². The molecule has 5 nitrogen and oxygen atoms in total. The fraction of sp³-hybridized carbons (Fsp3) is 0.947. The minimum atomic E-state index is -0.813. The second-order valence-corrected chi connectivity index (χ2v) is 11.2. The van der Waals surface area contributed by atoms with Crippen LogP contribution in [-0.4, -0.2) is 76.3 Å². The molecule has 0 radical (unpaired) electrons. The van der Waals surface area contributed by atoms with Crippen molar-refractivity contribution in [2.24, 2.45) is 16.8 Å². The van der Waals surface area contributed by atoms with E-state index in [0.717, 1.165) is 56.6 Å². The fourth-order valence-electron chi connectivity index (χ4n) is 4.82. The molecule has 3 aliphatic rings. The zero-order valence-corrected chi connectivity index (χ0v) is 17.3. The van der Waals surface area contributed by atoms with E-state index in [1.165, 1.54) is 25.7 Å². The highest BCUT2D eigenvalue weighted by Crippen LogP contribution is 2.46. The van der Waals surface area contributed by atoms with Gasteiger partial charge < -0.3 is 10.2 Å². The van der Waals surface area contributed by atoms with Crippen LogP contribution in [0.15, 0.2) is 4.99 Å². The molecule has 4 unspecified atom stereocenters. The molecule has 25 heavy (non-hydrogen) atoms. The summed E-state index contributed by atoms with van der Waals surface area (Å²) in [5, 5.41) is 3.42. The van der Waals surface area contributed by atoms with Gasteiger partial charge in [-0.25, -0.2) is 0 Å². The Bertz CT molecular complexity index is 508. The number of hydrogen-bond donors (Lipinski definition) is 1. The topological polar surface area (TPSA) is 47.9 Å². The van der Waals surface area contributed by atoms with E-state index in [4.69, 9.17) is 0 Å². The molecule has 3 fully saturated rings. The summed E-state index contributed by atoms with van der Waals surface area (Å²) < 4.78 is 12.0. The van der Waals surface area contributed by atoms with E-state index in [9.17, 15) is 4.21 Å². The molecule has 1 N–H and O–H groups in total. The van der Waals surface area contributed by atoms with Gasteiger partial charge in [0.25, 0.3) is 0 Å². The highest BCUT2D eigenvalue weighted by atomic mass is 32.2. The van der Waals surface area contributed by atoms with Crippen molar-refractivity contribution in [3.05, 3.63) is 0 Å². The third kappa shape index (κ3) is 4.57. The summed E-state index contributed by atoms with van der Waals surface area (Å²) in [6.45, 7) is 11.2. The van der Waals surface area contributed by atoms with E-state index >= 15 is 0 Å². The Morgan fingerprint density at radius 3 is 2.40 bits per heavy atom. The zero-order chi connectivity index (χ0) is 18.0. The molecule has 2 aliphatic carbocycles. The average molecular weight is 369 g/mol. The molecule has 0 amide bonds. The first-order chi connectivity index (χ1) is 11.9. The van der Waals surface area contributed by atoms with Gasteiger partial charge in [0.2, 0.25) is 0 Å². The van der Waals surface area contributed by atoms with Crippen LogP contribution in [0.3, 0.4) is 0 Å². The second-order valence-electron chi connectivity index (χ2n) is 8.90. The van der Waals surface area contributed by atoms with E-state index in [2.05, 4.69) is 20.1 Å². The summed E-state index contributed by atoms with van der Waals surface area (Å²) in [5.74, 6) is 3.64. The predicted octanol–water partition coefficient (Wildman–Crippen LogP) is 1.92. The van der Waals surface area contributed by atoms with Crippen LogP contribution >= 0.6 is 0 Å². The maximum absolute atomic E-state index is 12.2. The number of nitrogens with zero attached hydrogens (tertiary/aromatic N) is 3. The first-order valence-corrected chi connectivity index (χ1v) is 11.3. The van der Waals surface area contributed by atoms with E-state index < -0.39 is 10.8 Å². The van der Waals surface area contributed by atoms with Gasteiger partial charge in [0.05, 0.1) is 0 Å². The van der Waals surface area contributed by atoms with Crippen LogP contribution in [0.4, 0.5) is 0 Å². The van der Waals surface area contributed by atoms with Gasteiger partial charge in [-0.3, -0.25) is 14.1 Å². The highest BCUT2D eigenvalue weighted by Gasteiger charge is 2.42. The molecular weight excluding hydrogens is 332 g/mol. The standard InChI is InChI=1S/C19H36N4OS/c1-19(2,3)25(24)12-7-21-18(20-4)23-10-8-22(9-11-23)17-14-15-5-6-16(17)13-15/h15-17H,5-14H2,1-4H3,(H,20,21). The van der Waals surface area contributed by atoms with E-state index in [1.807, 2.05) is 27.8 Å². The Balaban J connectivity index is 1.42. The molecule has 0 aromatic rings. The molecular formula is C19H36N4OS. The summed E-state index contributed by atoms with van der Waals surface area (Å²) >= 11 is 0. The van der Waals surface area contributed by atoms with Crippen LogP contribution in [0.2, 0.25) is 0 Å². The summed E-state index contributed by atoms with van der Waals surface area (Å²) in [6, 6.07) is 0.852.